The van der Waals surface area contributed by atoms with Crippen LogP contribution in [0.15, 0.2) is 22.7 Å². The lowest BCUT2D eigenvalue weighted by atomic mass is 10.3. The first-order valence-corrected chi connectivity index (χ1v) is 7.26. The molecule has 1 aromatic rings. The molecule has 1 saturated heterocycles. The van der Waals surface area contributed by atoms with Gasteiger partial charge in [0, 0.05) is 36.1 Å². The van der Waals surface area contributed by atoms with Gasteiger partial charge < -0.3 is 10.2 Å². The molecule has 0 aromatic heterocycles. The Labute approximate surface area is 125 Å². The molecule has 1 N–H and O–H groups in total. The summed E-state index contributed by atoms with van der Waals surface area (Å²) in [7, 11) is 0. The van der Waals surface area contributed by atoms with Gasteiger partial charge >= 0.3 is 0 Å². The molecule has 0 unspecified atom stereocenters. The van der Waals surface area contributed by atoms with Crippen molar-refractivity contribution in [3.05, 3.63) is 27.7 Å². The van der Waals surface area contributed by atoms with Crippen LogP contribution in [0.5, 0.6) is 0 Å². The van der Waals surface area contributed by atoms with Crippen LogP contribution in [0.4, 0.5) is 5.69 Å². The second-order valence-electron chi connectivity index (χ2n) is 4.41. The summed E-state index contributed by atoms with van der Waals surface area (Å²) in [5.74, 6) is 0.0379. The summed E-state index contributed by atoms with van der Waals surface area (Å²) in [4.78, 5) is 24.9. The number of carbonyl (C=O) groups is 2. The smallest absolute Gasteiger partial charge is 0.226 e. The molecule has 1 fully saturated rings. The third kappa shape index (κ3) is 3.94. The molecule has 102 valence electrons. The van der Waals surface area contributed by atoms with Gasteiger partial charge in [-0.1, -0.05) is 11.6 Å². The van der Waals surface area contributed by atoms with Gasteiger partial charge in [-0.3, -0.25) is 9.59 Å². The number of anilines is 1. The van der Waals surface area contributed by atoms with E-state index in [2.05, 4.69) is 21.2 Å². The summed E-state index contributed by atoms with van der Waals surface area (Å²) in [6, 6.07) is 5.21. The lowest BCUT2D eigenvalue weighted by molar-refractivity contribution is -0.128. The predicted octanol–water partition coefficient (Wildman–Crippen LogP) is 3.05. The highest BCUT2D eigenvalue weighted by Gasteiger charge is 2.20. The largest absolute Gasteiger partial charge is 0.342 e. The topological polar surface area (TPSA) is 49.4 Å². The van der Waals surface area contributed by atoms with Crippen molar-refractivity contribution >= 4 is 45.0 Å². The van der Waals surface area contributed by atoms with Gasteiger partial charge in [-0.05, 0) is 40.5 Å². The van der Waals surface area contributed by atoms with Crippen LogP contribution in [0.25, 0.3) is 0 Å². The van der Waals surface area contributed by atoms with Crippen LogP contribution in [-0.2, 0) is 9.59 Å². The van der Waals surface area contributed by atoms with Crippen LogP contribution in [0.3, 0.4) is 0 Å². The van der Waals surface area contributed by atoms with E-state index in [1.54, 1.807) is 23.1 Å². The van der Waals surface area contributed by atoms with Crippen LogP contribution in [-0.4, -0.2) is 29.8 Å². The molecule has 1 aliphatic rings. The van der Waals surface area contributed by atoms with E-state index in [-0.39, 0.29) is 11.8 Å². The standard InChI is InChI=1S/C13H14BrClN2O2/c14-10-8-9(3-4-11(10)15)16-12(18)5-7-17-6-1-2-13(17)19/h3-4,8H,1-2,5-7H2,(H,16,18). The molecule has 4 nitrogen and oxygen atoms in total. The van der Waals surface area contributed by atoms with E-state index >= 15 is 0 Å². The van der Waals surface area contributed by atoms with Gasteiger partial charge in [0.1, 0.15) is 0 Å². The van der Waals surface area contributed by atoms with Crippen LogP contribution in [0.2, 0.25) is 5.02 Å². The van der Waals surface area contributed by atoms with Crippen molar-refractivity contribution in [2.75, 3.05) is 18.4 Å². The monoisotopic (exact) mass is 344 g/mol. The Kier molecular flexibility index (Phi) is 4.82. The van der Waals surface area contributed by atoms with E-state index in [1.807, 2.05) is 0 Å². The van der Waals surface area contributed by atoms with Gasteiger partial charge in [0.2, 0.25) is 11.8 Å². The maximum Gasteiger partial charge on any atom is 0.226 e. The van der Waals surface area contributed by atoms with Crippen molar-refractivity contribution in [2.45, 2.75) is 19.3 Å². The van der Waals surface area contributed by atoms with Crippen molar-refractivity contribution in [3.63, 3.8) is 0 Å². The van der Waals surface area contributed by atoms with Crippen molar-refractivity contribution in [1.29, 1.82) is 0 Å². The molecule has 2 rings (SSSR count). The summed E-state index contributed by atoms with van der Waals surface area (Å²) in [5, 5.41) is 3.38. The number of nitrogens with one attached hydrogen (secondary N) is 1. The molecule has 0 atom stereocenters. The fraction of sp³-hybridized carbons (Fsp3) is 0.385. The van der Waals surface area contributed by atoms with E-state index in [4.69, 9.17) is 11.6 Å². The third-order valence-electron chi connectivity index (χ3n) is 2.98. The van der Waals surface area contributed by atoms with Gasteiger partial charge in [0.05, 0.1) is 5.02 Å². The van der Waals surface area contributed by atoms with Crippen molar-refractivity contribution in [3.8, 4) is 0 Å². The first-order chi connectivity index (χ1) is 9.06. The van der Waals surface area contributed by atoms with Crippen molar-refractivity contribution < 1.29 is 9.59 Å². The molecule has 0 radical (unpaired) electrons. The molecule has 6 heteroatoms. The van der Waals surface area contributed by atoms with Crippen molar-refractivity contribution in [1.82, 2.24) is 4.90 Å². The maximum atomic E-state index is 11.8. The molecule has 1 aliphatic heterocycles. The Morgan fingerprint density at radius 2 is 2.26 bits per heavy atom. The number of rotatable bonds is 4. The normalized spacial score (nSPS) is 14.8. The molecule has 0 saturated carbocycles. The Hall–Kier alpha value is -1.07. The van der Waals surface area contributed by atoms with Gasteiger partial charge in [0.15, 0.2) is 0 Å². The first-order valence-electron chi connectivity index (χ1n) is 6.09. The highest BCUT2D eigenvalue weighted by Crippen LogP contribution is 2.25. The molecular weight excluding hydrogens is 332 g/mol. The molecule has 19 heavy (non-hydrogen) atoms. The van der Waals surface area contributed by atoms with Crippen LogP contribution in [0.1, 0.15) is 19.3 Å². The van der Waals surface area contributed by atoms with Gasteiger partial charge in [-0.25, -0.2) is 0 Å². The van der Waals surface area contributed by atoms with Crippen LogP contribution >= 0.6 is 27.5 Å². The first kappa shape index (κ1) is 14.3. The number of carbonyl (C=O) groups excluding carboxylic acids is 2. The quantitative estimate of drug-likeness (QED) is 0.912. The number of likely N-dealkylation sites (tertiary alicyclic amines) is 1. The van der Waals surface area contributed by atoms with E-state index in [9.17, 15) is 9.59 Å². The average molecular weight is 346 g/mol. The van der Waals surface area contributed by atoms with Gasteiger partial charge in [-0.15, -0.1) is 0 Å². The van der Waals surface area contributed by atoms with Gasteiger partial charge in [0.25, 0.3) is 0 Å². The van der Waals surface area contributed by atoms with E-state index in [0.29, 0.717) is 30.1 Å². The molecular formula is C13H14BrClN2O2. The minimum atomic E-state index is -0.103. The van der Waals surface area contributed by atoms with E-state index in [1.165, 1.54) is 0 Å². The van der Waals surface area contributed by atoms with E-state index < -0.39 is 0 Å². The average Bonchev–Trinajstić information content (AvgIpc) is 2.77. The minimum Gasteiger partial charge on any atom is -0.342 e. The van der Waals surface area contributed by atoms with Crippen LogP contribution in [0, 0.1) is 0 Å². The lowest BCUT2D eigenvalue weighted by Crippen LogP contribution is -2.28. The molecule has 0 spiro atoms. The summed E-state index contributed by atoms with van der Waals surface area (Å²) < 4.78 is 0.738. The molecule has 2 amide bonds. The molecule has 1 aromatic carbocycles. The SMILES string of the molecule is O=C(CCN1CCCC1=O)Nc1ccc(Cl)c(Br)c1. The Bertz CT molecular complexity index is 507. The summed E-state index contributed by atoms with van der Waals surface area (Å²) in [6.45, 7) is 1.25. The molecule has 0 aliphatic carbocycles. The zero-order valence-electron chi connectivity index (χ0n) is 10.3. The molecule has 0 bridgehead atoms. The lowest BCUT2D eigenvalue weighted by Gasteiger charge is -2.15. The number of hydrogen-bond acceptors (Lipinski definition) is 2. The number of benzene rings is 1. The fourth-order valence-corrected chi connectivity index (χ4v) is 2.47. The van der Waals surface area contributed by atoms with Crippen LogP contribution < -0.4 is 5.32 Å². The number of amides is 2. The number of halogens is 2. The minimum absolute atomic E-state index is 0.103. The maximum absolute atomic E-state index is 11.8. The summed E-state index contributed by atoms with van der Waals surface area (Å²) >= 11 is 9.18. The highest BCUT2D eigenvalue weighted by atomic mass is 79.9. The molecule has 1 heterocycles. The number of hydrogen-bond donors (Lipinski definition) is 1. The highest BCUT2D eigenvalue weighted by molar-refractivity contribution is 9.10. The third-order valence-corrected chi connectivity index (χ3v) is 4.20. The Balaban J connectivity index is 1.83. The fourth-order valence-electron chi connectivity index (χ4n) is 1.97. The summed E-state index contributed by atoms with van der Waals surface area (Å²) in [6.07, 6.45) is 1.81. The van der Waals surface area contributed by atoms with Gasteiger partial charge in [-0.2, -0.15) is 0 Å². The van der Waals surface area contributed by atoms with Crippen molar-refractivity contribution in [2.24, 2.45) is 0 Å². The Morgan fingerprint density at radius 1 is 1.47 bits per heavy atom. The second kappa shape index (κ2) is 6.39. The zero-order chi connectivity index (χ0) is 13.8. The zero-order valence-corrected chi connectivity index (χ0v) is 12.6. The number of nitrogens with zero attached hydrogens (tertiary/aromatic N) is 1. The Morgan fingerprint density at radius 3 is 2.89 bits per heavy atom. The van der Waals surface area contributed by atoms with E-state index in [0.717, 1.165) is 17.4 Å². The summed E-state index contributed by atoms with van der Waals surface area (Å²) in [5.41, 5.74) is 0.689. The second-order valence-corrected chi connectivity index (χ2v) is 5.67. The predicted molar refractivity (Wildman–Crippen MR) is 78.2 cm³/mol.